The lowest BCUT2D eigenvalue weighted by molar-refractivity contribution is 0.0515. The fourth-order valence-electron chi connectivity index (χ4n) is 3.29. The Morgan fingerprint density at radius 2 is 2.08 bits per heavy atom. The van der Waals surface area contributed by atoms with Crippen molar-refractivity contribution in [2.24, 2.45) is 5.92 Å². The smallest absolute Gasteiger partial charge is 0.359 e. The van der Waals surface area contributed by atoms with Gasteiger partial charge in [0.25, 0.3) is 0 Å². The van der Waals surface area contributed by atoms with Crippen LogP contribution >= 0.6 is 0 Å². The zero-order valence-electron chi connectivity index (χ0n) is 15.2. The topological polar surface area (TPSA) is 60.2 Å². The molecule has 2 aromatic heterocycles. The number of pyridine rings is 1. The number of hydrogen-bond acceptors (Lipinski definition) is 5. The highest BCUT2D eigenvalue weighted by Gasteiger charge is 2.29. The minimum Gasteiger partial charge on any atom is -0.461 e. The van der Waals surface area contributed by atoms with Gasteiger partial charge in [0, 0.05) is 56.3 Å². The van der Waals surface area contributed by atoms with Crippen LogP contribution in [0.3, 0.4) is 0 Å². The molecule has 0 radical (unpaired) electrons. The third-order valence-electron chi connectivity index (χ3n) is 4.38. The van der Waals surface area contributed by atoms with Crippen LogP contribution in [0.5, 0.6) is 0 Å². The molecular formula is C19H26N4O2. The molecule has 1 aliphatic rings. The maximum atomic E-state index is 12.4. The molecule has 0 aromatic carbocycles. The highest BCUT2D eigenvalue weighted by Crippen LogP contribution is 2.25. The monoisotopic (exact) mass is 342 g/mol. The van der Waals surface area contributed by atoms with E-state index in [1.165, 1.54) is 11.3 Å². The minimum absolute atomic E-state index is 0.313. The maximum absolute atomic E-state index is 12.4. The average Bonchev–Trinajstić information content (AvgIpc) is 2.93. The molecule has 25 heavy (non-hydrogen) atoms. The molecule has 0 fully saturated rings. The molecule has 0 saturated carbocycles. The van der Waals surface area contributed by atoms with Crippen LogP contribution < -0.4 is 0 Å². The van der Waals surface area contributed by atoms with Crippen molar-refractivity contribution in [3.8, 4) is 0 Å². The molecule has 0 saturated heterocycles. The van der Waals surface area contributed by atoms with Gasteiger partial charge in [-0.3, -0.25) is 14.6 Å². The first kappa shape index (κ1) is 17.6. The molecule has 0 atom stereocenters. The molecule has 0 unspecified atom stereocenters. The van der Waals surface area contributed by atoms with E-state index in [4.69, 9.17) is 4.74 Å². The number of hydrogen-bond donors (Lipinski definition) is 0. The first-order chi connectivity index (χ1) is 12.1. The van der Waals surface area contributed by atoms with Gasteiger partial charge in [0.2, 0.25) is 0 Å². The molecule has 3 heterocycles. The quantitative estimate of drug-likeness (QED) is 0.755. The molecule has 0 N–H and O–H groups in total. The van der Waals surface area contributed by atoms with E-state index in [1.807, 2.05) is 36.1 Å². The Kier molecular flexibility index (Phi) is 5.48. The fourth-order valence-corrected chi connectivity index (χ4v) is 3.29. The van der Waals surface area contributed by atoms with Crippen LogP contribution in [-0.4, -0.2) is 38.8 Å². The molecule has 0 aliphatic carbocycles. The highest BCUT2D eigenvalue weighted by atomic mass is 16.5. The largest absolute Gasteiger partial charge is 0.461 e. The van der Waals surface area contributed by atoms with Crippen LogP contribution in [0.1, 0.15) is 48.1 Å². The number of nitrogens with zero attached hydrogens (tertiary/aromatic N) is 4. The molecule has 134 valence electrons. The Morgan fingerprint density at radius 1 is 1.32 bits per heavy atom. The summed E-state index contributed by atoms with van der Waals surface area (Å²) in [5, 5.41) is 4.60. The van der Waals surface area contributed by atoms with Crippen LogP contribution in [0.15, 0.2) is 24.5 Å². The summed E-state index contributed by atoms with van der Waals surface area (Å²) in [5.41, 5.74) is 3.92. The van der Waals surface area contributed by atoms with Crippen LogP contribution in [0, 0.1) is 5.92 Å². The minimum atomic E-state index is -0.313. The molecular weight excluding hydrogens is 316 g/mol. The zero-order chi connectivity index (χ0) is 17.8. The number of aromatic nitrogens is 3. The number of rotatable bonds is 6. The van der Waals surface area contributed by atoms with Crippen molar-refractivity contribution in [1.29, 1.82) is 0 Å². The Balaban J connectivity index is 1.85. The molecule has 3 rings (SSSR count). The predicted molar refractivity (Wildman–Crippen MR) is 95.1 cm³/mol. The van der Waals surface area contributed by atoms with E-state index in [-0.39, 0.29) is 5.97 Å². The van der Waals surface area contributed by atoms with Crippen molar-refractivity contribution < 1.29 is 9.53 Å². The van der Waals surface area contributed by atoms with Crippen LogP contribution in [0.25, 0.3) is 0 Å². The molecule has 1 aliphatic heterocycles. The van der Waals surface area contributed by atoms with Gasteiger partial charge in [0.05, 0.1) is 6.61 Å². The summed E-state index contributed by atoms with van der Waals surface area (Å²) < 4.78 is 7.23. The van der Waals surface area contributed by atoms with E-state index in [2.05, 4.69) is 28.8 Å². The molecule has 0 bridgehead atoms. The van der Waals surface area contributed by atoms with Crippen LogP contribution in [-0.2, 0) is 30.8 Å². The van der Waals surface area contributed by atoms with Gasteiger partial charge in [0.1, 0.15) is 0 Å². The Hall–Kier alpha value is -2.21. The molecule has 6 nitrogen and oxygen atoms in total. The summed E-state index contributed by atoms with van der Waals surface area (Å²) in [7, 11) is 0. The number of ether oxygens (including phenoxy) is 1. The van der Waals surface area contributed by atoms with Crippen LogP contribution in [0.2, 0.25) is 0 Å². The molecule has 2 aromatic rings. The standard InChI is InChI=1S/C19H26N4O2/c1-4-25-19(24)18-16-13-22(12-15-5-8-20-9-6-15)10-7-17(16)23(21-18)11-14(2)3/h5-6,8-9,14H,4,7,10-13H2,1-3H3. The van der Waals surface area contributed by atoms with Crippen molar-refractivity contribution in [3.05, 3.63) is 47.0 Å². The Morgan fingerprint density at radius 3 is 2.76 bits per heavy atom. The number of carbonyl (C=O) groups excluding carboxylic acids is 1. The normalized spacial score (nSPS) is 14.6. The van der Waals surface area contributed by atoms with Gasteiger partial charge in [-0.05, 0) is 30.5 Å². The van der Waals surface area contributed by atoms with Crippen LogP contribution in [0.4, 0.5) is 0 Å². The summed E-state index contributed by atoms with van der Waals surface area (Å²) in [4.78, 5) is 18.8. The summed E-state index contributed by atoms with van der Waals surface area (Å²) in [6, 6.07) is 4.06. The Labute approximate surface area is 148 Å². The predicted octanol–water partition coefficient (Wildman–Crippen LogP) is 2.67. The molecule has 0 spiro atoms. The molecule has 0 amide bonds. The van der Waals surface area contributed by atoms with Gasteiger partial charge in [-0.15, -0.1) is 0 Å². The third kappa shape index (κ3) is 4.07. The second-order valence-corrected chi connectivity index (χ2v) is 6.89. The van der Waals surface area contributed by atoms with E-state index in [0.29, 0.717) is 18.2 Å². The summed E-state index contributed by atoms with van der Waals surface area (Å²) in [5.74, 6) is 0.168. The van der Waals surface area contributed by atoms with Crippen molar-refractivity contribution in [3.63, 3.8) is 0 Å². The lowest BCUT2D eigenvalue weighted by Crippen LogP contribution is -2.31. The van der Waals surface area contributed by atoms with Gasteiger partial charge in [-0.1, -0.05) is 13.8 Å². The second kappa shape index (κ2) is 7.78. The molecule has 6 heteroatoms. The number of esters is 1. The van der Waals surface area contributed by atoms with E-state index < -0.39 is 0 Å². The van der Waals surface area contributed by atoms with Gasteiger partial charge in [-0.2, -0.15) is 5.10 Å². The van der Waals surface area contributed by atoms with Gasteiger partial charge >= 0.3 is 5.97 Å². The van der Waals surface area contributed by atoms with E-state index in [0.717, 1.165) is 38.2 Å². The van der Waals surface area contributed by atoms with Gasteiger partial charge in [-0.25, -0.2) is 4.79 Å². The fraction of sp³-hybridized carbons (Fsp3) is 0.526. The van der Waals surface area contributed by atoms with Crippen molar-refractivity contribution in [2.45, 2.75) is 46.8 Å². The van der Waals surface area contributed by atoms with E-state index in [1.54, 1.807) is 0 Å². The maximum Gasteiger partial charge on any atom is 0.359 e. The van der Waals surface area contributed by atoms with Crippen molar-refractivity contribution in [2.75, 3.05) is 13.2 Å². The zero-order valence-corrected chi connectivity index (χ0v) is 15.2. The third-order valence-corrected chi connectivity index (χ3v) is 4.38. The summed E-state index contributed by atoms with van der Waals surface area (Å²) in [6.07, 6.45) is 4.53. The van der Waals surface area contributed by atoms with E-state index in [9.17, 15) is 4.79 Å². The van der Waals surface area contributed by atoms with Gasteiger partial charge < -0.3 is 4.74 Å². The summed E-state index contributed by atoms with van der Waals surface area (Å²) >= 11 is 0. The summed E-state index contributed by atoms with van der Waals surface area (Å²) in [6.45, 7) is 9.88. The first-order valence-corrected chi connectivity index (χ1v) is 8.95. The lowest BCUT2D eigenvalue weighted by Gasteiger charge is -2.27. The highest BCUT2D eigenvalue weighted by molar-refractivity contribution is 5.89. The number of fused-ring (bicyclic) bond motifs is 1. The second-order valence-electron chi connectivity index (χ2n) is 6.89. The SMILES string of the molecule is CCOC(=O)c1nn(CC(C)C)c2c1CN(Cc1ccncc1)CC2. The Bertz CT molecular complexity index is 725. The van der Waals surface area contributed by atoms with Crippen molar-refractivity contribution in [1.82, 2.24) is 19.7 Å². The number of carbonyl (C=O) groups is 1. The first-order valence-electron chi connectivity index (χ1n) is 8.95. The van der Waals surface area contributed by atoms with E-state index >= 15 is 0 Å². The lowest BCUT2D eigenvalue weighted by atomic mass is 10.0. The van der Waals surface area contributed by atoms with Gasteiger partial charge in [0.15, 0.2) is 5.69 Å². The average molecular weight is 342 g/mol. The van der Waals surface area contributed by atoms with Crippen molar-refractivity contribution >= 4 is 5.97 Å².